The smallest absolute Gasteiger partial charge is 0.254 e. The van der Waals surface area contributed by atoms with Crippen molar-refractivity contribution >= 4 is 21.6 Å². The standard InChI is InChI=1S/C23H29N3O5S/c1-18-4-3-5-20(16-18)24-8-10-25(11-9-24)23(27)19-6-7-21(30-2)22(17-19)32(28,29)26-12-14-31-15-13-26/h3-7,16-17H,8-15H2,1-2H3. The van der Waals surface area contributed by atoms with Crippen molar-refractivity contribution in [2.45, 2.75) is 11.8 Å². The minimum Gasteiger partial charge on any atom is -0.495 e. The number of hydrogen-bond donors (Lipinski definition) is 0. The Balaban J connectivity index is 1.51. The topological polar surface area (TPSA) is 79.4 Å². The maximum atomic E-state index is 13.2. The van der Waals surface area contributed by atoms with Crippen molar-refractivity contribution in [2.24, 2.45) is 0 Å². The number of aryl methyl sites for hydroxylation is 1. The molecule has 2 aliphatic heterocycles. The molecule has 2 aromatic carbocycles. The zero-order chi connectivity index (χ0) is 22.7. The lowest BCUT2D eigenvalue weighted by Crippen LogP contribution is -2.48. The lowest BCUT2D eigenvalue weighted by atomic mass is 10.1. The molecule has 32 heavy (non-hydrogen) atoms. The van der Waals surface area contributed by atoms with E-state index in [9.17, 15) is 13.2 Å². The second-order valence-corrected chi connectivity index (χ2v) is 9.91. The van der Waals surface area contributed by atoms with Crippen LogP contribution in [0.15, 0.2) is 47.4 Å². The van der Waals surface area contributed by atoms with Gasteiger partial charge in [0.15, 0.2) is 0 Å². The van der Waals surface area contributed by atoms with Crippen molar-refractivity contribution < 1.29 is 22.7 Å². The highest BCUT2D eigenvalue weighted by molar-refractivity contribution is 7.89. The largest absolute Gasteiger partial charge is 0.495 e. The number of nitrogens with zero attached hydrogens (tertiary/aromatic N) is 3. The van der Waals surface area contributed by atoms with Crippen molar-refractivity contribution in [1.29, 1.82) is 0 Å². The summed E-state index contributed by atoms with van der Waals surface area (Å²) in [5.41, 5.74) is 2.70. The summed E-state index contributed by atoms with van der Waals surface area (Å²) < 4.78 is 38.4. The van der Waals surface area contributed by atoms with Crippen LogP contribution in [0.3, 0.4) is 0 Å². The van der Waals surface area contributed by atoms with Gasteiger partial charge in [-0.1, -0.05) is 12.1 Å². The molecular weight excluding hydrogens is 430 g/mol. The van der Waals surface area contributed by atoms with Crippen LogP contribution in [0.4, 0.5) is 5.69 Å². The molecule has 2 aromatic rings. The maximum Gasteiger partial charge on any atom is 0.254 e. The van der Waals surface area contributed by atoms with Crippen molar-refractivity contribution in [3.8, 4) is 5.75 Å². The number of methoxy groups -OCH3 is 1. The predicted molar refractivity (Wildman–Crippen MR) is 122 cm³/mol. The molecule has 0 bridgehead atoms. The summed E-state index contributed by atoms with van der Waals surface area (Å²) in [6.07, 6.45) is 0. The number of rotatable bonds is 5. The van der Waals surface area contributed by atoms with Crippen LogP contribution < -0.4 is 9.64 Å². The molecule has 2 heterocycles. The van der Waals surface area contributed by atoms with Gasteiger partial charge in [0.1, 0.15) is 10.6 Å². The molecule has 0 aliphatic carbocycles. The molecule has 0 radical (unpaired) electrons. The fraction of sp³-hybridized carbons (Fsp3) is 0.435. The Morgan fingerprint density at radius 3 is 2.34 bits per heavy atom. The number of carbonyl (C=O) groups excluding carboxylic acids is 1. The first-order valence-corrected chi connectivity index (χ1v) is 12.2. The molecule has 1 amide bonds. The highest BCUT2D eigenvalue weighted by Crippen LogP contribution is 2.29. The van der Waals surface area contributed by atoms with Gasteiger partial charge in [-0.15, -0.1) is 0 Å². The van der Waals surface area contributed by atoms with Crippen LogP contribution >= 0.6 is 0 Å². The molecule has 0 aromatic heterocycles. The Hall–Kier alpha value is -2.62. The first-order chi connectivity index (χ1) is 15.4. The van der Waals surface area contributed by atoms with Crippen LogP contribution in [0, 0.1) is 6.92 Å². The van der Waals surface area contributed by atoms with Gasteiger partial charge in [0.2, 0.25) is 10.0 Å². The third-order valence-electron chi connectivity index (χ3n) is 5.93. The molecule has 2 saturated heterocycles. The van der Waals surface area contributed by atoms with Gasteiger partial charge in [0.05, 0.1) is 20.3 Å². The zero-order valence-corrected chi connectivity index (χ0v) is 19.3. The molecule has 0 unspecified atom stereocenters. The van der Waals surface area contributed by atoms with Gasteiger partial charge in [0.25, 0.3) is 5.91 Å². The first kappa shape index (κ1) is 22.6. The number of ether oxygens (including phenoxy) is 2. The summed E-state index contributed by atoms with van der Waals surface area (Å²) in [6, 6.07) is 13.0. The van der Waals surface area contributed by atoms with Gasteiger partial charge in [-0.25, -0.2) is 8.42 Å². The van der Waals surface area contributed by atoms with E-state index in [1.807, 2.05) is 6.07 Å². The monoisotopic (exact) mass is 459 g/mol. The van der Waals surface area contributed by atoms with E-state index >= 15 is 0 Å². The van der Waals surface area contributed by atoms with Crippen LogP contribution in [0.1, 0.15) is 15.9 Å². The maximum absolute atomic E-state index is 13.2. The summed E-state index contributed by atoms with van der Waals surface area (Å²) in [5.74, 6) is 0.0623. The summed E-state index contributed by atoms with van der Waals surface area (Å²) in [6.45, 7) is 5.94. The van der Waals surface area contributed by atoms with Gasteiger partial charge in [-0.2, -0.15) is 4.31 Å². The lowest BCUT2D eigenvalue weighted by Gasteiger charge is -2.36. The third kappa shape index (κ3) is 4.60. The van der Waals surface area contributed by atoms with E-state index in [4.69, 9.17) is 9.47 Å². The Kier molecular flexibility index (Phi) is 6.68. The number of carbonyl (C=O) groups is 1. The minimum atomic E-state index is -3.79. The second kappa shape index (κ2) is 9.48. The number of anilines is 1. The Morgan fingerprint density at radius 2 is 1.69 bits per heavy atom. The highest BCUT2D eigenvalue weighted by atomic mass is 32.2. The fourth-order valence-electron chi connectivity index (χ4n) is 4.11. The van der Waals surface area contributed by atoms with Gasteiger partial charge < -0.3 is 19.3 Å². The molecule has 4 rings (SSSR count). The SMILES string of the molecule is COc1ccc(C(=O)N2CCN(c3cccc(C)c3)CC2)cc1S(=O)(=O)N1CCOCC1. The van der Waals surface area contributed by atoms with Crippen molar-refractivity contribution in [3.63, 3.8) is 0 Å². The van der Waals surface area contributed by atoms with E-state index in [1.54, 1.807) is 17.0 Å². The number of benzene rings is 2. The van der Waals surface area contributed by atoms with Crippen molar-refractivity contribution in [3.05, 3.63) is 53.6 Å². The number of amides is 1. The summed E-state index contributed by atoms with van der Waals surface area (Å²) >= 11 is 0. The number of morpholine rings is 1. The van der Waals surface area contributed by atoms with E-state index in [1.165, 1.54) is 23.0 Å². The van der Waals surface area contributed by atoms with E-state index in [0.29, 0.717) is 31.9 Å². The molecule has 172 valence electrons. The van der Waals surface area contributed by atoms with E-state index in [2.05, 4.69) is 30.0 Å². The lowest BCUT2D eigenvalue weighted by molar-refractivity contribution is 0.0728. The van der Waals surface area contributed by atoms with E-state index < -0.39 is 10.0 Å². The number of sulfonamides is 1. The van der Waals surface area contributed by atoms with Gasteiger partial charge in [-0.3, -0.25) is 4.79 Å². The van der Waals surface area contributed by atoms with Crippen LogP contribution in [0.5, 0.6) is 5.75 Å². The minimum absolute atomic E-state index is 0.0196. The molecule has 0 spiro atoms. The summed E-state index contributed by atoms with van der Waals surface area (Å²) in [4.78, 5) is 17.2. The van der Waals surface area contributed by atoms with Gasteiger partial charge >= 0.3 is 0 Å². The summed E-state index contributed by atoms with van der Waals surface area (Å²) in [5, 5.41) is 0. The van der Waals surface area contributed by atoms with Gasteiger partial charge in [0, 0.05) is 50.5 Å². The van der Waals surface area contributed by atoms with Gasteiger partial charge in [-0.05, 0) is 42.8 Å². The quantitative estimate of drug-likeness (QED) is 0.681. The molecule has 0 saturated carbocycles. The third-order valence-corrected chi connectivity index (χ3v) is 7.85. The Labute approximate surface area is 189 Å². The van der Waals surface area contributed by atoms with Crippen LogP contribution in [0.2, 0.25) is 0 Å². The fourth-order valence-corrected chi connectivity index (χ4v) is 5.70. The van der Waals surface area contributed by atoms with E-state index in [0.717, 1.165) is 18.8 Å². The predicted octanol–water partition coefficient (Wildman–Crippen LogP) is 1.99. The van der Waals surface area contributed by atoms with Crippen LogP contribution in [0.25, 0.3) is 0 Å². The number of piperazine rings is 1. The van der Waals surface area contributed by atoms with Crippen LogP contribution in [-0.4, -0.2) is 83.1 Å². The second-order valence-electron chi connectivity index (χ2n) is 8.00. The molecule has 2 fully saturated rings. The van der Waals surface area contributed by atoms with E-state index in [-0.39, 0.29) is 29.6 Å². The van der Waals surface area contributed by atoms with Crippen molar-refractivity contribution in [1.82, 2.24) is 9.21 Å². The Morgan fingerprint density at radius 1 is 0.969 bits per heavy atom. The van der Waals surface area contributed by atoms with Crippen LogP contribution in [-0.2, 0) is 14.8 Å². The Bertz CT molecular complexity index is 1070. The van der Waals surface area contributed by atoms with Crippen molar-refractivity contribution in [2.75, 3.05) is 64.5 Å². The molecule has 2 aliphatic rings. The average molecular weight is 460 g/mol. The number of hydrogen-bond acceptors (Lipinski definition) is 6. The zero-order valence-electron chi connectivity index (χ0n) is 18.5. The molecular formula is C23H29N3O5S. The average Bonchev–Trinajstić information content (AvgIpc) is 2.84. The molecule has 9 heteroatoms. The molecule has 0 N–H and O–H groups in total. The highest BCUT2D eigenvalue weighted by Gasteiger charge is 2.31. The molecule has 0 atom stereocenters. The molecule has 8 nitrogen and oxygen atoms in total. The normalized spacial score (nSPS) is 17.9. The first-order valence-electron chi connectivity index (χ1n) is 10.8. The summed E-state index contributed by atoms with van der Waals surface area (Å²) in [7, 11) is -2.36.